The maximum atomic E-state index is 13.5. The predicted molar refractivity (Wildman–Crippen MR) is 111 cm³/mol. The fraction of sp³-hybridized carbons (Fsp3) is 0.316. The van der Waals surface area contributed by atoms with Crippen molar-refractivity contribution in [1.82, 2.24) is 34.0 Å². The zero-order valence-corrected chi connectivity index (χ0v) is 16.9. The van der Waals surface area contributed by atoms with Gasteiger partial charge in [-0.1, -0.05) is 12.1 Å². The predicted octanol–water partition coefficient (Wildman–Crippen LogP) is 0.804. The Kier molecular flexibility index (Phi) is 4.63. The van der Waals surface area contributed by atoms with Crippen molar-refractivity contribution in [2.24, 2.45) is 0 Å². The molecule has 33 heavy (non-hydrogen) atoms. The highest BCUT2D eigenvalue weighted by Gasteiger charge is 2.40. The van der Waals surface area contributed by atoms with Crippen molar-refractivity contribution < 1.29 is 23.1 Å². The number of anilines is 2. The van der Waals surface area contributed by atoms with Crippen molar-refractivity contribution in [2.45, 2.75) is 24.9 Å². The SMILES string of the molecule is Nc1nc(N)c2ncn([C@H]3CN(C(=O)Cn4c(C(F)(F)F)nc5ccccc54)C[C@@H]3O)c2n1. The van der Waals surface area contributed by atoms with Crippen molar-refractivity contribution >= 4 is 39.9 Å². The number of aliphatic hydroxyl groups is 1. The lowest BCUT2D eigenvalue weighted by Crippen LogP contribution is -2.33. The fourth-order valence-corrected chi connectivity index (χ4v) is 4.13. The standard InChI is InChI=1S/C19H18F3N9O2/c20-19(21,22)17-26-9-3-1-2-4-10(9)30(17)7-13(33)29-5-11(12(32)6-29)31-8-25-14-15(23)27-18(24)28-16(14)31/h1-4,8,11-12,32H,5-7H2,(H4,23,24,27,28)/t11-,12-/m0/s1. The molecule has 0 unspecified atom stereocenters. The average molecular weight is 461 g/mol. The third-order valence-corrected chi connectivity index (χ3v) is 5.64. The Morgan fingerprint density at radius 2 is 1.91 bits per heavy atom. The maximum Gasteiger partial charge on any atom is 0.449 e. The third-order valence-electron chi connectivity index (χ3n) is 5.64. The van der Waals surface area contributed by atoms with Crippen LogP contribution in [-0.4, -0.2) is 64.2 Å². The molecule has 0 radical (unpaired) electrons. The Bertz CT molecular complexity index is 1380. The minimum atomic E-state index is -4.73. The Hall–Kier alpha value is -3.94. The van der Waals surface area contributed by atoms with Crippen LogP contribution in [0, 0.1) is 0 Å². The van der Waals surface area contributed by atoms with E-state index < -0.39 is 36.6 Å². The third kappa shape index (κ3) is 3.47. The van der Waals surface area contributed by atoms with E-state index in [-0.39, 0.29) is 35.9 Å². The van der Waals surface area contributed by atoms with Gasteiger partial charge in [-0.3, -0.25) is 4.79 Å². The van der Waals surface area contributed by atoms with E-state index in [1.165, 1.54) is 27.9 Å². The number of nitrogens with zero attached hydrogens (tertiary/aromatic N) is 7. The molecule has 1 saturated heterocycles. The number of β-amino-alcohol motifs (C(OH)–C–C–N with tert-alkyl or cyclic N) is 1. The van der Waals surface area contributed by atoms with E-state index in [1.807, 2.05) is 0 Å². The maximum absolute atomic E-state index is 13.5. The topological polar surface area (TPSA) is 154 Å². The molecule has 1 aliphatic heterocycles. The average Bonchev–Trinajstić information content (AvgIpc) is 3.43. The number of rotatable bonds is 3. The van der Waals surface area contributed by atoms with Crippen LogP contribution in [-0.2, 0) is 17.5 Å². The number of para-hydroxylation sites is 2. The van der Waals surface area contributed by atoms with E-state index in [1.54, 1.807) is 12.1 Å². The summed E-state index contributed by atoms with van der Waals surface area (Å²) in [5, 5.41) is 10.6. The van der Waals surface area contributed by atoms with Gasteiger partial charge in [-0.2, -0.15) is 23.1 Å². The van der Waals surface area contributed by atoms with E-state index in [9.17, 15) is 23.1 Å². The molecule has 14 heteroatoms. The molecule has 1 aromatic carbocycles. The summed E-state index contributed by atoms with van der Waals surface area (Å²) in [4.78, 5) is 30.0. The summed E-state index contributed by atoms with van der Waals surface area (Å²) >= 11 is 0. The van der Waals surface area contributed by atoms with Gasteiger partial charge in [-0.25, -0.2) is 9.97 Å². The molecular weight excluding hydrogens is 443 g/mol. The molecule has 1 amide bonds. The van der Waals surface area contributed by atoms with Crippen molar-refractivity contribution in [2.75, 3.05) is 24.6 Å². The number of benzene rings is 1. The second kappa shape index (κ2) is 7.30. The van der Waals surface area contributed by atoms with Gasteiger partial charge in [0.05, 0.1) is 29.5 Å². The summed E-state index contributed by atoms with van der Waals surface area (Å²) < 4.78 is 43.0. The van der Waals surface area contributed by atoms with Crippen LogP contribution < -0.4 is 11.5 Å². The number of aliphatic hydroxyl groups excluding tert-OH is 1. The van der Waals surface area contributed by atoms with Gasteiger partial charge >= 0.3 is 6.18 Å². The Labute approximate surface area is 183 Å². The molecule has 4 aromatic rings. The van der Waals surface area contributed by atoms with Crippen molar-refractivity contribution in [3.8, 4) is 0 Å². The molecule has 0 bridgehead atoms. The van der Waals surface area contributed by atoms with Crippen LogP contribution in [0.25, 0.3) is 22.2 Å². The molecule has 172 valence electrons. The van der Waals surface area contributed by atoms with Crippen LogP contribution in [0.15, 0.2) is 30.6 Å². The second-order valence-corrected chi connectivity index (χ2v) is 7.73. The van der Waals surface area contributed by atoms with Crippen molar-refractivity contribution in [3.63, 3.8) is 0 Å². The highest BCUT2D eigenvalue weighted by molar-refractivity contribution is 5.83. The lowest BCUT2D eigenvalue weighted by molar-refractivity contribution is -0.148. The molecule has 1 aliphatic rings. The molecule has 0 aliphatic carbocycles. The highest BCUT2D eigenvalue weighted by Crippen LogP contribution is 2.32. The van der Waals surface area contributed by atoms with Crippen LogP contribution in [0.2, 0.25) is 0 Å². The minimum absolute atomic E-state index is 0.0310. The van der Waals surface area contributed by atoms with Gasteiger partial charge in [0.25, 0.3) is 0 Å². The number of amides is 1. The number of nitrogen functional groups attached to an aromatic ring is 2. The fourth-order valence-electron chi connectivity index (χ4n) is 4.13. The minimum Gasteiger partial charge on any atom is -0.389 e. The number of hydrogen-bond acceptors (Lipinski definition) is 8. The lowest BCUT2D eigenvalue weighted by Gasteiger charge is -2.19. The molecule has 3 aromatic heterocycles. The molecule has 1 fully saturated rings. The first-order chi connectivity index (χ1) is 15.6. The van der Waals surface area contributed by atoms with Gasteiger partial charge in [-0.05, 0) is 12.1 Å². The molecule has 2 atom stereocenters. The van der Waals surface area contributed by atoms with E-state index in [4.69, 9.17) is 11.5 Å². The first-order valence-electron chi connectivity index (χ1n) is 9.87. The first kappa shape index (κ1) is 20.9. The Morgan fingerprint density at radius 3 is 2.67 bits per heavy atom. The number of carbonyl (C=O) groups excluding carboxylic acids is 1. The number of alkyl halides is 3. The monoisotopic (exact) mass is 461 g/mol. The molecule has 5 N–H and O–H groups in total. The van der Waals surface area contributed by atoms with Crippen LogP contribution in [0.4, 0.5) is 24.9 Å². The lowest BCUT2D eigenvalue weighted by atomic mass is 10.2. The number of halogens is 3. The quantitative estimate of drug-likeness (QED) is 0.405. The summed E-state index contributed by atoms with van der Waals surface area (Å²) in [5.41, 5.74) is 12.4. The largest absolute Gasteiger partial charge is 0.449 e. The van der Waals surface area contributed by atoms with E-state index in [2.05, 4.69) is 19.9 Å². The zero-order valence-electron chi connectivity index (χ0n) is 16.9. The molecule has 0 saturated carbocycles. The number of imidazole rings is 2. The van der Waals surface area contributed by atoms with Gasteiger partial charge in [0.15, 0.2) is 11.5 Å². The first-order valence-corrected chi connectivity index (χ1v) is 9.87. The van der Waals surface area contributed by atoms with Crippen LogP contribution in [0.1, 0.15) is 11.9 Å². The van der Waals surface area contributed by atoms with Gasteiger partial charge < -0.3 is 30.6 Å². The van der Waals surface area contributed by atoms with Crippen LogP contribution >= 0.6 is 0 Å². The number of carbonyl (C=O) groups is 1. The molecule has 11 nitrogen and oxygen atoms in total. The normalized spacial score (nSPS) is 19.1. The molecule has 0 spiro atoms. The summed E-state index contributed by atoms with van der Waals surface area (Å²) in [6.45, 7) is -0.627. The van der Waals surface area contributed by atoms with E-state index in [0.29, 0.717) is 11.2 Å². The zero-order chi connectivity index (χ0) is 23.5. The summed E-state index contributed by atoms with van der Waals surface area (Å²) in [6.07, 6.45) is -4.34. The smallest absolute Gasteiger partial charge is 0.389 e. The summed E-state index contributed by atoms with van der Waals surface area (Å²) in [6, 6.07) is 5.42. The Balaban J connectivity index is 1.43. The van der Waals surface area contributed by atoms with Crippen molar-refractivity contribution in [1.29, 1.82) is 0 Å². The Morgan fingerprint density at radius 1 is 1.15 bits per heavy atom. The molecular formula is C19H18F3N9O2. The summed E-state index contributed by atoms with van der Waals surface area (Å²) in [5.74, 6) is -1.75. The van der Waals surface area contributed by atoms with Gasteiger partial charge in [-0.15, -0.1) is 0 Å². The number of likely N-dealkylation sites (tertiary alicyclic amines) is 1. The van der Waals surface area contributed by atoms with E-state index >= 15 is 0 Å². The highest BCUT2D eigenvalue weighted by atomic mass is 19.4. The molecule has 4 heterocycles. The van der Waals surface area contributed by atoms with E-state index in [0.717, 1.165) is 4.57 Å². The number of hydrogen-bond donors (Lipinski definition) is 3. The second-order valence-electron chi connectivity index (χ2n) is 7.73. The summed E-state index contributed by atoms with van der Waals surface area (Å²) in [7, 11) is 0. The molecule has 5 rings (SSSR count). The van der Waals surface area contributed by atoms with Crippen molar-refractivity contribution in [3.05, 3.63) is 36.4 Å². The van der Waals surface area contributed by atoms with Crippen LogP contribution in [0.3, 0.4) is 0 Å². The number of aromatic nitrogens is 6. The number of nitrogens with two attached hydrogens (primary N) is 2. The van der Waals surface area contributed by atoms with Gasteiger partial charge in [0, 0.05) is 13.1 Å². The van der Waals surface area contributed by atoms with Gasteiger partial charge in [0.1, 0.15) is 12.1 Å². The van der Waals surface area contributed by atoms with Gasteiger partial charge in [0.2, 0.25) is 17.7 Å². The number of fused-ring (bicyclic) bond motifs is 2. The van der Waals surface area contributed by atoms with Crippen LogP contribution in [0.5, 0.6) is 0 Å².